The summed E-state index contributed by atoms with van der Waals surface area (Å²) >= 11 is 0. The fourth-order valence-electron chi connectivity index (χ4n) is 3.05. The number of carbonyl (C=O) groups excluding carboxylic acids is 1. The fourth-order valence-corrected chi connectivity index (χ4v) is 3.05. The van der Waals surface area contributed by atoms with E-state index in [1.807, 2.05) is 12.4 Å². The number of aromatic nitrogens is 4. The Morgan fingerprint density at radius 2 is 2.00 bits per heavy atom. The molecule has 24 heavy (non-hydrogen) atoms. The molecule has 2 fully saturated rings. The van der Waals surface area contributed by atoms with Crippen LogP contribution in [-0.4, -0.2) is 52.0 Å². The standard InChI is InChI=1S/C16H20N6O2/c23-15(12-3-6-24-11-12)20-13-7-19-22(10-13)16-17-8-14(9-18-16)21-4-1-2-5-21/h7-10,12H,1-6,11H2,(H,20,23). The molecule has 0 spiro atoms. The highest BCUT2D eigenvalue weighted by Crippen LogP contribution is 2.19. The minimum absolute atomic E-state index is 0.0302. The summed E-state index contributed by atoms with van der Waals surface area (Å²) in [6.07, 6.45) is 10.2. The Balaban J connectivity index is 1.43. The molecule has 2 aliphatic rings. The predicted molar refractivity (Wildman–Crippen MR) is 88.2 cm³/mol. The second-order valence-electron chi connectivity index (χ2n) is 6.16. The number of rotatable bonds is 4. The monoisotopic (exact) mass is 328 g/mol. The zero-order valence-electron chi connectivity index (χ0n) is 13.4. The lowest BCUT2D eigenvalue weighted by molar-refractivity contribution is -0.119. The van der Waals surface area contributed by atoms with Gasteiger partial charge in [-0.05, 0) is 19.3 Å². The first-order valence-corrected chi connectivity index (χ1v) is 8.30. The Kier molecular flexibility index (Phi) is 4.12. The highest BCUT2D eigenvalue weighted by atomic mass is 16.5. The van der Waals surface area contributed by atoms with Gasteiger partial charge < -0.3 is 15.0 Å². The number of amides is 1. The molecule has 4 heterocycles. The van der Waals surface area contributed by atoms with Crippen LogP contribution in [0.5, 0.6) is 0 Å². The van der Waals surface area contributed by atoms with Crippen LogP contribution in [-0.2, 0) is 9.53 Å². The number of carbonyl (C=O) groups is 1. The molecule has 2 aromatic rings. The van der Waals surface area contributed by atoms with Crippen molar-refractivity contribution >= 4 is 17.3 Å². The highest BCUT2D eigenvalue weighted by molar-refractivity contribution is 5.92. The largest absolute Gasteiger partial charge is 0.381 e. The van der Waals surface area contributed by atoms with Gasteiger partial charge in [-0.2, -0.15) is 5.10 Å². The van der Waals surface area contributed by atoms with Gasteiger partial charge in [0.2, 0.25) is 5.91 Å². The first-order valence-electron chi connectivity index (χ1n) is 8.30. The molecule has 0 radical (unpaired) electrons. The van der Waals surface area contributed by atoms with Gasteiger partial charge in [0.25, 0.3) is 5.95 Å². The summed E-state index contributed by atoms with van der Waals surface area (Å²) in [7, 11) is 0. The number of hydrogen-bond donors (Lipinski definition) is 1. The molecule has 0 saturated carbocycles. The SMILES string of the molecule is O=C(Nc1cnn(-c2ncc(N3CCCC3)cn2)c1)C1CCOC1. The zero-order chi connectivity index (χ0) is 16.4. The third kappa shape index (κ3) is 3.09. The summed E-state index contributed by atoms with van der Waals surface area (Å²) in [6.45, 7) is 3.26. The van der Waals surface area contributed by atoms with Crippen LogP contribution >= 0.6 is 0 Å². The molecule has 4 rings (SSSR count). The first-order chi connectivity index (χ1) is 11.8. The molecule has 0 aromatic carbocycles. The smallest absolute Gasteiger partial charge is 0.250 e. The lowest BCUT2D eigenvalue weighted by atomic mass is 10.1. The van der Waals surface area contributed by atoms with Crippen LogP contribution in [0.15, 0.2) is 24.8 Å². The maximum absolute atomic E-state index is 12.1. The van der Waals surface area contributed by atoms with E-state index < -0.39 is 0 Å². The summed E-state index contributed by atoms with van der Waals surface area (Å²) in [6, 6.07) is 0. The van der Waals surface area contributed by atoms with E-state index in [-0.39, 0.29) is 11.8 Å². The van der Waals surface area contributed by atoms with Gasteiger partial charge in [-0.3, -0.25) is 4.79 Å². The summed E-state index contributed by atoms with van der Waals surface area (Å²) in [5.74, 6) is 0.379. The number of anilines is 2. The van der Waals surface area contributed by atoms with Crippen molar-refractivity contribution < 1.29 is 9.53 Å². The van der Waals surface area contributed by atoms with Crippen molar-refractivity contribution in [1.82, 2.24) is 19.7 Å². The van der Waals surface area contributed by atoms with Gasteiger partial charge >= 0.3 is 0 Å². The van der Waals surface area contributed by atoms with Crippen molar-refractivity contribution in [3.63, 3.8) is 0 Å². The van der Waals surface area contributed by atoms with Crippen molar-refractivity contribution in [3.8, 4) is 5.95 Å². The Bertz CT molecular complexity index is 702. The molecular weight excluding hydrogens is 308 g/mol. The molecule has 2 aromatic heterocycles. The molecule has 126 valence electrons. The Morgan fingerprint density at radius 3 is 2.71 bits per heavy atom. The zero-order valence-corrected chi connectivity index (χ0v) is 13.4. The van der Waals surface area contributed by atoms with Crippen molar-refractivity contribution in [3.05, 3.63) is 24.8 Å². The van der Waals surface area contributed by atoms with Gasteiger partial charge in [0.15, 0.2) is 0 Å². The minimum Gasteiger partial charge on any atom is -0.381 e. The fraction of sp³-hybridized carbons (Fsp3) is 0.500. The second-order valence-corrected chi connectivity index (χ2v) is 6.16. The maximum Gasteiger partial charge on any atom is 0.250 e. The maximum atomic E-state index is 12.1. The van der Waals surface area contributed by atoms with Crippen molar-refractivity contribution in [2.24, 2.45) is 5.92 Å². The quantitative estimate of drug-likeness (QED) is 0.909. The van der Waals surface area contributed by atoms with Crippen LogP contribution < -0.4 is 10.2 Å². The van der Waals surface area contributed by atoms with E-state index in [2.05, 4.69) is 25.3 Å². The molecular formula is C16H20N6O2. The van der Waals surface area contributed by atoms with Gasteiger partial charge in [-0.1, -0.05) is 0 Å². The van der Waals surface area contributed by atoms with Gasteiger partial charge in [0.05, 0.1) is 48.7 Å². The van der Waals surface area contributed by atoms with Gasteiger partial charge in [-0.15, -0.1) is 0 Å². The van der Waals surface area contributed by atoms with E-state index >= 15 is 0 Å². The number of nitrogens with zero attached hydrogens (tertiary/aromatic N) is 5. The van der Waals surface area contributed by atoms with E-state index in [4.69, 9.17) is 4.74 Å². The lowest BCUT2D eigenvalue weighted by Crippen LogP contribution is -2.22. The molecule has 0 bridgehead atoms. The second kappa shape index (κ2) is 6.56. The lowest BCUT2D eigenvalue weighted by Gasteiger charge is -2.16. The molecule has 1 N–H and O–H groups in total. The van der Waals surface area contributed by atoms with Gasteiger partial charge in [0.1, 0.15) is 0 Å². The van der Waals surface area contributed by atoms with Crippen LogP contribution in [0.25, 0.3) is 5.95 Å². The van der Waals surface area contributed by atoms with Crippen LogP contribution in [0.3, 0.4) is 0 Å². The Morgan fingerprint density at radius 1 is 1.21 bits per heavy atom. The predicted octanol–water partition coefficient (Wildman–Crippen LogP) is 1.24. The van der Waals surface area contributed by atoms with Crippen molar-refractivity contribution in [2.45, 2.75) is 19.3 Å². The first kappa shape index (κ1) is 15.1. The molecule has 1 atom stereocenters. The van der Waals surface area contributed by atoms with Gasteiger partial charge in [-0.25, -0.2) is 14.6 Å². The number of ether oxygens (including phenoxy) is 1. The topological polar surface area (TPSA) is 85.2 Å². The van der Waals surface area contributed by atoms with Crippen molar-refractivity contribution in [2.75, 3.05) is 36.5 Å². The summed E-state index contributed by atoms with van der Waals surface area (Å²) in [4.78, 5) is 23.1. The molecule has 2 saturated heterocycles. The van der Waals surface area contributed by atoms with E-state index in [1.54, 1.807) is 17.1 Å². The molecule has 2 aliphatic heterocycles. The Hall–Kier alpha value is -2.48. The van der Waals surface area contributed by atoms with E-state index in [0.717, 1.165) is 25.2 Å². The van der Waals surface area contributed by atoms with E-state index in [9.17, 15) is 4.79 Å². The average Bonchev–Trinajstić information content (AvgIpc) is 3.36. The van der Waals surface area contributed by atoms with Crippen LogP contribution in [0.2, 0.25) is 0 Å². The molecule has 1 unspecified atom stereocenters. The summed E-state index contributed by atoms with van der Waals surface area (Å²) < 4.78 is 6.80. The molecule has 8 heteroatoms. The molecule has 1 amide bonds. The third-order valence-corrected chi connectivity index (χ3v) is 4.45. The highest BCUT2D eigenvalue weighted by Gasteiger charge is 2.23. The summed E-state index contributed by atoms with van der Waals surface area (Å²) in [5.41, 5.74) is 1.68. The molecule has 0 aliphatic carbocycles. The van der Waals surface area contributed by atoms with Gasteiger partial charge in [0, 0.05) is 19.7 Å². The van der Waals surface area contributed by atoms with Crippen LogP contribution in [0, 0.1) is 5.92 Å². The normalized spacial score (nSPS) is 20.5. The average molecular weight is 328 g/mol. The van der Waals surface area contributed by atoms with Crippen molar-refractivity contribution in [1.29, 1.82) is 0 Å². The van der Waals surface area contributed by atoms with E-state index in [1.165, 1.54) is 12.8 Å². The summed E-state index contributed by atoms with van der Waals surface area (Å²) in [5, 5.41) is 7.09. The third-order valence-electron chi connectivity index (χ3n) is 4.45. The number of hydrogen-bond acceptors (Lipinski definition) is 6. The molecule has 8 nitrogen and oxygen atoms in total. The van der Waals surface area contributed by atoms with Crippen LogP contribution in [0.4, 0.5) is 11.4 Å². The Labute approximate surface area is 139 Å². The minimum atomic E-state index is -0.0793. The number of nitrogens with one attached hydrogen (secondary N) is 1. The van der Waals surface area contributed by atoms with E-state index in [0.29, 0.717) is 24.8 Å². The van der Waals surface area contributed by atoms with Crippen LogP contribution in [0.1, 0.15) is 19.3 Å².